The first kappa shape index (κ1) is 12.9. The summed E-state index contributed by atoms with van der Waals surface area (Å²) < 4.78 is 0. The van der Waals surface area contributed by atoms with Crippen molar-refractivity contribution in [3.8, 4) is 0 Å². The van der Waals surface area contributed by atoms with Crippen LogP contribution >= 0.6 is 0 Å². The van der Waals surface area contributed by atoms with E-state index < -0.39 is 0 Å². The molecule has 3 heterocycles. The Bertz CT molecular complexity index is 279. The van der Waals surface area contributed by atoms with Crippen molar-refractivity contribution in [2.45, 2.75) is 77.5 Å². The SMILES string of the molecule is CC(C)C1CC2CCC(C1)N2C1CN(C(C)C)C1. The Hall–Kier alpha value is -0.0800. The fourth-order valence-electron chi connectivity index (χ4n) is 4.49. The normalized spacial score (nSPS) is 38.7. The van der Waals surface area contributed by atoms with Gasteiger partial charge in [-0.15, -0.1) is 0 Å². The molecular formula is C16H30N2. The lowest BCUT2D eigenvalue weighted by atomic mass is 9.81. The van der Waals surface area contributed by atoms with Crippen molar-refractivity contribution in [3.63, 3.8) is 0 Å². The smallest absolute Gasteiger partial charge is 0.0356 e. The van der Waals surface area contributed by atoms with Crippen LogP contribution in [0.15, 0.2) is 0 Å². The number of likely N-dealkylation sites (tertiary alicyclic amines) is 1. The highest BCUT2D eigenvalue weighted by Crippen LogP contribution is 2.43. The molecule has 0 amide bonds. The van der Waals surface area contributed by atoms with Crippen molar-refractivity contribution in [3.05, 3.63) is 0 Å². The zero-order chi connectivity index (χ0) is 12.9. The van der Waals surface area contributed by atoms with Crippen LogP contribution in [0.4, 0.5) is 0 Å². The highest BCUT2D eigenvalue weighted by atomic mass is 15.4. The molecule has 0 saturated carbocycles. The van der Waals surface area contributed by atoms with Gasteiger partial charge in [-0.2, -0.15) is 0 Å². The van der Waals surface area contributed by atoms with Crippen molar-refractivity contribution >= 4 is 0 Å². The van der Waals surface area contributed by atoms with Crippen molar-refractivity contribution in [1.29, 1.82) is 0 Å². The molecule has 0 aromatic rings. The molecule has 0 spiro atoms. The van der Waals surface area contributed by atoms with Crippen LogP contribution in [0.2, 0.25) is 0 Å². The van der Waals surface area contributed by atoms with Crippen LogP contribution in [0.25, 0.3) is 0 Å². The maximum atomic E-state index is 2.93. The largest absolute Gasteiger partial charge is 0.298 e. The highest BCUT2D eigenvalue weighted by molar-refractivity contribution is 5.02. The number of hydrogen-bond donors (Lipinski definition) is 0. The molecule has 0 radical (unpaired) electrons. The molecule has 0 N–H and O–H groups in total. The van der Waals surface area contributed by atoms with Gasteiger partial charge in [-0.25, -0.2) is 0 Å². The van der Waals surface area contributed by atoms with E-state index in [0.717, 1.165) is 36.0 Å². The van der Waals surface area contributed by atoms with E-state index in [1.54, 1.807) is 0 Å². The minimum atomic E-state index is 0.743. The van der Waals surface area contributed by atoms with Gasteiger partial charge in [-0.05, 0) is 51.4 Å². The van der Waals surface area contributed by atoms with Gasteiger partial charge >= 0.3 is 0 Å². The molecule has 3 saturated heterocycles. The lowest BCUT2D eigenvalue weighted by molar-refractivity contribution is -0.0403. The molecular weight excluding hydrogens is 220 g/mol. The van der Waals surface area contributed by atoms with Gasteiger partial charge in [0.25, 0.3) is 0 Å². The lowest BCUT2D eigenvalue weighted by Gasteiger charge is -2.52. The van der Waals surface area contributed by atoms with Gasteiger partial charge in [0.1, 0.15) is 0 Å². The average Bonchev–Trinajstić information content (AvgIpc) is 2.49. The first-order valence-corrected chi connectivity index (χ1v) is 8.07. The van der Waals surface area contributed by atoms with Gasteiger partial charge in [0.15, 0.2) is 0 Å². The molecule has 0 aliphatic carbocycles. The second kappa shape index (κ2) is 4.79. The fraction of sp³-hybridized carbons (Fsp3) is 1.00. The van der Waals surface area contributed by atoms with Crippen LogP contribution in [0.3, 0.4) is 0 Å². The Morgan fingerprint density at radius 1 is 0.833 bits per heavy atom. The monoisotopic (exact) mass is 250 g/mol. The molecule has 18 heavy (non-hydrogen) atoms. The first-order valence-electron chi connectivity index (χ1n) is 8.07. The molecule has 2 nitrogen and oxygen atoms in total. The van der Waals surface area contributed by atoms with Crippen molar-refractivity contribution in [1.82, 2.24) is 9.80 Å². The minimum Gasteiger partial charge on any atom is -0.298 e. The molecule has 3 aliphatic rings. The third-order valence-electron chi connectivity index (χ3n) is 5.81. The summed E-state index contributed by atoms with van der Waals surface area (Å²) in [5, 5.41) is 0. The zero-order valence-corrected chi connectivity index (χ0v) is 12.6. The van der Waals surface area contributed by atoms with Crippen molar-refractivity contribution in [2.75, 3.05) is 13.1 Å². The van der Waals surface area contributed by atoms with Crippen LogP contribution in [0.1, 0.15) is 53.4 Å². The van der Waals surface area contributed by atoms with Gasteiger partial charge in [0, 0.05) is 37.3 Å². The first-order chi connectivity index (χ1) is 8.56. The third kappa shape index (κ3) is 2.12. The minimum absolute atomic E-state index is 0.743. The van der Waals surface area contributed by atoms with E-state index in [2.05, 4.69) is 37.5 Å². The molecule has 0 aromatic carbocycles. The van der Waals surface area contributed by atoms with Crippen LogP contribution in [0, 0.1) is 11.8 Å². The van der Waals surface area contributed by atoms with Gasteiger partial charge in [0.2, 0.25) is 0 Å². The van der Waals surface area contributed by atoms with E-state index in [1.807, 2.05) is 0 Å². The van der Waals surface area contributed by atoms with Gasteiger partial charge in [0.05, 0.1) is 0 Å². The summed E-state index contributed by atoms with van der Waals surface area (Å²) in [4.78, 5) is 5.55. The summed E-state index contributed by atoms with van der Waals surface area (Å²) in [6.07, 6.45) is 5.91. The highest BCUT2D eigenvalue weighted by Gasteiger charge is 2.47. The Morgan fingerprint density at radius 2 is 1.39 bits per heavy atom. The van der Waals surface area contributed by atoms with Crippen LogP contribution in [0.5, 0.6) is 0 Å². The quantitative estimate of drug-likeness (QED) is 0.760. The summed E-state index contributed by atoms with van der Waals surface area (Å²) >= 11 is 0. The molecule has 3 aliphatic heterocycles. The van der Waals surface area contributed by atoms with Gasteiger partial charge in [-0.1, -0.05) is 13.8 Å². The van der Waals surface area contributed by atoms with E-state index in [0.29, 0.717) is 0 Å². The molecule has 104 valence electrons. The van der Waals surface area contributed by atoms with E-state index in [-0.39, 0.29) is 0 Å². The van der Waals surface area contributed by atoms with E-state index in [1.165, 1.54) is 38.8 Å². The van der Waals surface area contributed by atoms with E-state index in [9.17, 15) is 0 Å². The summed E-state index contributed by atoms with van der Waals surface area (Å²) in [7, 11) is 0. The number of rotatable bonds is 3. The van der Waals surface area contributed by atoms with Crippen LogP contribution in [-0.2, 0) is 0 Å². The summed E-state index contributed by atoms with van der Waals surface area (Å²) in [5.41, 5.74) is 0. The van der Waals surface area contributed by atoms with Crippen molar-refractivity contribution in [2.24, 2.45) is 11.8 Å². The second-order valence-corrected chi connectivity index (χ2v) is 7.51. The lowest BCUT2D eigenvalue weighted by Crippen LogP contribution is -2.65. The summed E-state index contributed by atoms with van der Waals surface area (Å²) in [5.74, 6) is 1.89. The average molecular weight is 250 g/mol. The Balaban J connectivity index is 1.60. The number of piperidine rings is 1. The van der Waals surface area contributed by atoms with Crippen LogP contribution in [-0.4, -0.2) is 47.1 Å². The molecule has 2 heteroatoms. The standard InChI is InChI=1S/C16H30N2/c1-11(2)13-7-14-5-6-15(8-13)18(14)16-9-17(10-16)12(3)4/h11-16H,5-10H2,1-4H3. The van der Waals surface area contributed by atoms with Gasteiger partial charge in [-0.3, -0.25) is 9.80 Å². The van der Waals surface area contributed by atoms with Gasteiger partial charge < -0.3 is 0 Å². The number of nitrogens with zero attached hydrogens (tertiary/aromatic N) is 2. The maximum Gasteiger partial charge on any atom is 0.0356 e. The molecule has 3 rings (SSSR count). The predicted molar refractivity (Wildman–Crippen MR) is 76.7 cm³/mol. The Morgan fingerprint density at radius 3 is 1.83 bits per heavy atom. The van der Waals surface area contributed by atoms with Crippen LogP contribution < -0.4 is 0 Å². The molecule has 2 unspecified atom stereocenters. The summed E-state index contributed by atoms with van der Waals surface area (Å²) in [6, 6.07) is 3.48. The molecule has 2 atom stereocenters. The predicted octanol–water partition coefficient (Wildman–Crippen LogP) is 2.98. The number of fused-ring (bicyclic) bond motifs is 2. The Labute approximate surface area is 113 Å². The third-order valence-corrected chi connectivity index (χ3v) is 5.81. The zero-order valence-electron chi connectivity index (χ0n) is 12.6. The van der Waals surface area contributed by atoms with E-state index in [4.69, 9.17) is 0 Å². The van der Waals surface area contributed by atoms with E-state index >= 15 is 0 Å². The maximum absolute atomic E-state index is 2.93. The Kier molecular flexibility index (Phi) is 3.44. The fourth-order valence-corrected chi connectivity index (χ4v) is 4.49. The molecule has 0 aromatic heterocycles. The second-order valence-electron chi connectivity index (χ2n) is 7.51. The molecule has 3 fully saturated rings. The molecule has 2 bridgehead atoms. The van der Waals surface area contributed by atoms with Crippen molar-refractivity contribution < 1.29 is 0 Å². The topological polar surface area (TPSA) is 6.48 Å². The number of hydrogen-bond acceptors (Lipinski definition) is 2. The summed E-state index contributed by atoms with van der Waals surface area (Å²) in [6.45, 7) is 12.2.